The zero-order valence-electron chi connectivity index (χ0n) is 16.5. The summed E-state index contributed by atoms with van der Waals surface area (Å²) >= 11 is 2.24. The Balaban J connectivity index is 1.64. The van der Waals surface area contributed by atoms with Crippen LogP contribution in [-0.2, 0) is 17.9 Å². The van der Waals surface area contributed by atoms with Gasteiger partial charge in [0.2, 0.25) is 5.88 Å². The van der Waals surface area contributed by atoms with Crippen molar-refractivity contribution in [3.8, 4) is 17.7 Å². The monoisotopic (exact) mass is 501 g/mol. The van der Waals surface area contributed by atoms with E-state index in [4.69, 9.17) is 9.47 Å². The second kappa shape index (κ2) is 9.59. The zero-order chi connectivity index (χ0) is 20.1. The molecule has 5 nitrogen and oxygen atoms in total. The molecule has 0 bridgehead atoms. The molecule has 2 aromatic heterocycles. The van der Waals surface area contributed by atoms with Gasteiger partial charge in [-0.1, -0.05) is 18.8 Å². The van der Waals surface area contributed by atoms with Gasteiger partial charge >= 0.3 is 0 Å². The van der Waals surface area contributed by atoms with Crippen LogP contribution < -0.4 is 4.74 Å². The molecule has 150 valence electrons. The summed E-state index contributed by atoms with van der Waals surface area (Å²) in [6.07, 6.45) is 6.70. The lowest BCUT2D eigenvalue weighted by Crippen LogP contribution is -2.20. The van der Waals surface area contributed by atoms with Gasteiger partial charge in [0.25, 0.3) is 0 Å². The van der Waals surface area contributed by atoms with E-state index in [2.05, 4.69) is 68.3 Å². The molecule has 1 saturated heterocycles. The molecule has 4 rings (SSSR count). The van der Waals surface area contributed by atoms with Gasteiger partial charge in [0.1, 0.15) is 6.61 Å². The van der Waals surface area contributed by atoms with Crippen LogP contribution in [0.3, 0.4) is 0 Å². The van der Waals surface area contributed by atoms with Gasteiger partial charge in [0.05, 0.1) is 15.3 Å². The molecule has 1 aliphatic heterocycles. The molecule has 1 fully saturated rings. The Hall–Kier alpha value is -2.11. The van der Waals surface area contributed by atoms with Gasteiger partial charge in [0, 0.05) is 48.9 Å². The van der Waals surface area contributed by atoms with Crippen LogP contribution in [0.1, 0.15) is 37.3 Å². The van der Waals surface area contributed by atoms with Crippen LogP contribution in [0, 0.1) is 21.3 Å². The predicted octanol–water partition coefficient (Wildman–Crippen LogP) is 4.80. The van der Waals surface area contributed by atoms with Crippen molar-refractivity contribution in [3.05, 3.63) is 51.4 Å². The fourth-order valence-corrected chi connectivity index (χ4v) is 4.03. The van der Waals surface area contributed by atoms with Crippen LogP contribution >= 0.6 is 22.6 Å². The number of benzene rings is 1. The highest BCUT2D eigenvalue weighted by Gasteiger charge is 2.17. The highest BCUT2D eigenvalue weighted by atomic mass is 127. The Labute approximate surface area is 184 Å². The summed E-state index contributed by atoms with van der Waals surface area (Å²) in [6.45, 7) is 5.11. The molecule has 0 N–H and O–H groups in total. The van der Waals surface area contributed by atoms with Crippen molar-refractivity contribution in [3.63, 3.8) is 0 Å². The molecule has 0 unspecified atom stereocenters. The topological polar surface area (TPSA) is 49.2 Å². The molecule has 0 atom stereocenters. The maximum atomic E-state index is 6.03. The molecule has 6 heteroatoms. The number of pyridine rings is 1. The van der Waals surface area contributed by atoms with Crippen molar-refractivity contribution in [1.29, 1.82) is 0 Å². The van der Waals surface area contributed by atoms with Crippen LogP contribution in [0.5, 0.6) is 5.88 Å². The van der Waals surface area contributed by atoms with E-state index in [1.165, 1.54) is 0 Å². The highest BCUT2D eigenvalue weighted by Crippen LogP contribution is 2.25. The van der Waals surface area contributed by atoms with E-state index in [1.807, 2.05) is 18.3 Å². The molecule has 0 aliphatic carbocycles. The molecular weight excluding hydrogens is 477 g/mol. The van der Waals surface area contributed by atoms with Gasteiger partial charge in [-0.25, -0.2) is 4.98 Å². The van der Waals surface area contributed by atoms with Gasteiger partial charge in [-0.15, -0.1) is 0 Å². The number of ether oxygens (including phenoxy) is 2. The quantitative estimate of drug-likeness (QED) is 0.372. The Morgan fingerprint density at radius 1 is 1.31 bits per heavy atom. The summed E-state index contributed by atoms with van der Waals surface area (Å²) in [7, 11) is 0. The number of aromatic nitrogens is 3. The lowest BCUT2D eigenvalue weighted by atomic mass is 10.0. The summed E-state index contributed by atoms with van der Waals surface area (Å²) < 4.78 is 14.6. The van der Waals surface area contributed by atoms with Crippen LogP contribution in [0.4, 0.5) is 0 Å². The summed E-state index contributed by atoms with van der Waals surface area (Å²) in [4.78, 5) is 4.34. The van der Waals surface area contributed by atoms with E-state index in [0.717, 1.165) is 64.6 Å². The second-order valence-electron chi connectivity index (χ2n) is 7.18. The van der Waals surface area contributed by atoms with Gasteiger partial charge in [0.15, 0.2) is 0 Å². The zero-order valence-corrected chi connectivity index (χ0v) is 18.7. The first-order valence-electron chi connectivity index (χ1n) is 10.0. The number of rotatable bonds is 5. The summed E-state index contributed by atoms with van der Waals surface area (Å²) in [6, 6.07) is 8.21. The first-order valence-corrected chi connectivity index (χ1v) is 11.1. The van der Waals surface area contributed by atoms with Crippen LogP contribution in [-0.4, -0.2) is 28.0 Å². The van der Waals surface area contributed by atoms with Gasteiger partial charge in [-0.05, 0) is 65.6 Å². The molecule has 0 amide bonds. The Bertz CT molecular complexity index is 1050. The van der Waals surface area contributed by atoms with Crippen molar-refractivity contribution >= 4 is 33.5 Å². The van der Waals surface area contributed by atoms with E-state index >= 15 is 0 Å². The van der Waals surface area contributed by atoms with E-state index in [9.17, 15) is 0 Å². The third kappa shape index (κ3) is 4.90. The van der Waals surface area contributed by atoms with E-state index in [0.29, 0.717) is 18.4 Å². The molecule has 3 heterocycles. The number of nitrogens with zero attached hydrogens (tertiary/aromatic N) is 3. The third-order valence-corrected chi connectivity index (χ3v) is 5.95. The molecular formula is C23H24IN3O2. The van der Waals surface area contributed by atoms with Crippen LogP contribution in [0.2, 0.25) is 0 Å². The van der Waals surface area contributed by atoms with E-state index in [-0.39, 0.29) is 0 Å². The Kier molecular flexibility index (Phi) is 6.67. The molecule has 0 spiro atoms. The maximum absolute atomic E-state index is 6.03. The Morgan fingerprint density at radius 2 is 2.17 bits per heavy atom. The molecule has 1 aliphatic rings. The summed E-state index contributed by atoms with van der Waals surface area (Å²) in [5.74, 6) is 7.74. The molecule has 29 heavy (non-hydrogen) atoms. The van der Waals surface area contributed by atoms with Crippen molar-refractivity contribution in [2.45, 2.75) is 39.3 Å². The smallest absolute Gasteiger partial charge is 0.227 e. The minimum atomic E-state index is 0.430. The fraction of sp³-hybridized carbons (Fsp3) is 0.391. The van der Waals surface area contributed by atoms with Gasteiger partial charge < -0.3 is 9.47 Å². The molecule has 0 saturated carbocycles. The van der Waals surface area contributed by atoms with Crippen molar-refractivity contribution < 1.29 is 9.47 Å². The van der Waals surface area contributed by atoms with E-state index < -0.39 is 0 Å². The normalized spacial score (nSPS) is 14.6. The molecule has 1 aromatic carbocycles. The first kappa shape index (κ1) is 20.2. The molecule has 0 radical (unpaired) electrons. The number of fused-ring (bicyclic) bond motifs is 1. The number of halogens is 1. The van der Waals surface area contributed by atoms with E-state index in [1.54, 1.807) is 6.20 Å². The minimum Gasteiger partial charge on any atom is -0.472 e. The van der Waals surface area contributed by atoms with Crippen LogP contribution in [0.15, 0.2) is 36.7 Å². The van der Waals surface area contributed by atoms with Crippen molar-refractivity contribution in [2.75, 3.05) is 13.2 Å². The second-order valence-corrected chi connectivity index (χ2v) is 8.35. The number of hydrogen-bond acceptors (Lipinski definition) is 4. The van der Waals surface area contributed by atoms with Crippen LogP contribution in [0.25, 0.3) is 10.9 Å². The third-order valence-electron chi connectivity index (χ3n) is 5.13. The Morgan fingerprint density at radius 3 is 2.97 bits per heavy atom. The van der Waals surface area contributed by atoms with Crippen molar-refractivity contribution in [1.82, 2.24) is 14.8 Å². The first-order chi connectivity index (χ1) is 14.2. The summed E-state index contributed by atoms with van der Waals surface area (Å²) in [5, 5.41) is 5.78. The maximum Gasteiger partial charge on any atom is 0.227 e. The average molecular weight is 501 g/mol. The fourth-order valence-electron chi connectivity index (χ4n) is 3.53. The largest absolute Gasteiger partial charge is 0.472 e. The lowest BCUT2D eigenvalue weighted by Gasteiger charge is -2.22. The minimum absolute atomic E-state index is 0.430. The molecule has 3 aromatic rings. The van der Waals surface area contributed by atoms with Crippen molar-refractivity contribution in [2.24, 2.45) is 5.92 Å². The number of hydrogen-bond donors (Lipinski definition) is 0. The van der Waals surface area contributed by atoms with Gasteiger partial charge in [-0.3, -0.25) is 4.68 Å². The summed E-state index contributed by atoms with van der Waals surface area (Å²) in [5.41, 5.74) is 3.19. The predicted molar refractivity (Wildman–Crippen MR) is 122 cm³/mol. The highest BCUT2D eigenvalue weighted by molar-refractivity contribution is 14.1. The lowest BCUT2D eigenvalue weighted by molar-refractivity contribution is 0.0605. The van der Waals surface area contributed by atoms with Gasteiger partial charge in [-0.2, -0.15) is 5.10 Å². The SMILES string of the molecule is CCC#Cc1cc2cnn(CC3CCOCC3)c2cc1COc1ncccc1I. The average Bonchev–Trinajstić information content (AvgIpc) is 3.13. The standard InChI is InChI=1S/C23H24IN3O2/c1-2-3-5-18-12-19-14-26-27(15-17-7-10-28-11-8-17)22(19)13-20(18)16-29-23-21(24)6-4-9-25-23/h4,6,9,12-14,17H,2,7-8,10-11,15-16H2,1H3.